The van der Waals surface area contributed by atoms with E-state index in [0.717, 1.165) is 21.6 Å². The molecule has 0 spiro atoms. The monoisotopic (exact) mass is 690 g/mol. The number of rotatable bonds is 14. The first-order valence-electron chi connectivity index (χ1n) is 15.0. The topological polar surface area (TPSA) is 133 Å². The molecule has 1 atom stereocenters. The van der Waals surface area contributed by atoms with Gasteiger partial charge < -0.3 is 19.8 Å². The summed E-state index contributed by atoms with van der Waals surface area (Å²) in [6.07, 6.45) is -0.920. The largest absolute Gasteiger partial charge is 0.444 e. The number of nitrogens with zero attached hydrogens (tertiary/aromatic N) is 1. The summed E-state index contributed by atoms with van der Waals surface area (Å²) >= 11 is 7.82. The minimum Gasteiger partial charge on any atom is -0.444 e. The zero-order valence-corrected chi connectivity index (χ0v) is 29.2. The van der Waals surface area contributed by atoms with Gasteiger partial charge in [0.1, 0.15) is 5.60 Å². The third kappa shape index (κ3) is 11.9. The van der Waals surface area contributed by atoms with Crippen molar-refractivity contribution in [2.45, 2.75) is 69.3 Å². The van der Waals surface area contributed by atoms with E-state index in [1.807, 2.05) is 16.9 Å². The lowest BCUT2D eigenvalue weighted by atomic mass is 10.0. The summed E-state index contributed by atoms with van der Waals surface area (Å²) in [6.45, 7) is 9.64. The van der Waals surface area contributed by atoms with Crippen molar-refractivity contribution >= 4 is 45.4 Å². The molecule has 3 aromatic rings. The molecule has 250 valence electrons. The van der Waals surface area contributed by atoms with Crippen LogP contribution in [0.4, 0.5) is 4.79 Å². The number of aliphatic hydroxyl groups is 2. The van der Waals surface area contributed by atoms with E-state index >= 15 is 0 Å². The lowest BCUT2D eigenvalue weighted by molar-refractivity contribution is 0.0146. The summed E-state index contributed by atoms with van der Waals surface area (Å²) in [4.78, 5) is 28.2. The number of nitrogens with one attached hydrogen (secondary N) is 1. The zero-order valence-electron chi connectivity index (χ0n) is 26.8. The molecule has 0 bridgehead atoms. The minimum absolute atomic E-state index is 0.0304. The first-order valence-corrected chi connectivity index (χ1v) is 17.9. The number of sulfonamides is 1. The Bertz CT molecular complexity index is 1590. The van der Waals surface area contributed by atoms with Gasteiger partial charge in [0.25, 0.3) is 5.91 Å². The standard InChI is InChI=1S/C34H43ClN2O7S2/c1-23(2)45-31-21-27(24-10-13-26(14-11-24)32(40)36-46(42,43)19-7-18-38)15-12-25(31)16-17-37(33(41)44-34(3,4)5)22-30(39)28-8-6-9-29(35)20-28/h6,8-15,20-21,23,30,38-39H,7,16-19,22H2,1-5H3,(H,36,40)/t30-/m0/s1. The second-order valence-corrected chi connectivity index (χ2v) is 16.0. The fourth-order valence-corrected chi connectivity index (χ4v) is 6.73. The van der Waals surface area contributed by atoms with E-state index in [9.17, 15) is 23.1 Å². The van der Waals surface area contributed by atoms with E-state index in [-0.39, 0.29) is 36.1 Å². The van der Waals surface area contributed by atoms with Crippen molar-refractivity contribution in [2.75, 3.05) is 25.4 Å². The number of hydrogen-bond acceptors (Lipinski definition) is 8. The fourth-order valence-electron chi connectivity index (χ4n) is 4.49. The van der Waals surface area contributed by atoms with Gasteiger partial charge in [-0.25, -0.2) is 17.9 Å². The van der Waals surface area contributed by atoms with Gasteiger partial charge in [-0.3, -0.25) is 4.79 Å². The molecule has 0 aliphatic heterocycles. The van der Waals surface area contributed by atoms with Crippen molar-refractivity contribution < 1.29 is 33.0 Å². The maximum Gasteiger partial charge on any atom is 0.410 e. The molecule has 0 saturated heterocycles. The molecule has 0 radical (unpaired) electrons. The average Bonchev–Trinajstić information content (AvgIpc) is 2.97. The number of carbonyl (C=O) groups is 2. The van der Waals surface area contributed by atoms with Crippen molar-refractivity contribution in [3.8, 4) is 11.1 Å². The van der Waals surface area contributed by atoms with Gasteiger partial charge in [-0.1, -0.05) is 61.8 Å². The van der Waals surface area contributed by atoms with Crippen molar-refractivity contribution in [3.05, 3.63) is 88.4 Å². The summed E-state index contributed by atoms with van der Waals surface area (Å²) in [6, 6.07) is 19.6. The zero-order chi connectivity index (χ0) is 34.1. The number of hydrogen-bond donors (Lipinski definition) is 3. The molecule has 9 nitrogen and oxygen atoms in total. The Kier molecular flexibility index (Phi) is 13.5. The molecule has 2 amide bonds. The number of carbonyl (C=O) groups excluding carboxylic acids is 2. The molecular weight excluding hydrogens is 648 g/mol. The Labute approximate surface area is 281 Å². The SMILES string of the molecule is CC(C)Sc1cc(-c2ccc(C(=O)NS(=O)(=O)CCCO)cc2)ccc1CCN(C[C@H](O)c1cccc(Cl)c1)C(=O)OC(C)(C)C. The van der Waals surface area contributed by atoms with E-state index in [2.05, 4.69) is 19.9 Å². The lowest BCUT2D eigenvalue weighted by Crippen LogP contribution is -2.40. The van der Waals surface area contributed by atoms with E-state index < -0.39 is 33.7 Å². The Morgan fingerprint density at radius 2 is 1.70 bits per heavy atom. The van der Waals surface area contributed by atoms with Gasteiger partial charge in [-0.2, -0.15) is 0 Å². The normalized spacial score (nSPS) is 12.5. The second-order valence-electron chi connectivity index (χ2n) is 12.1. The van der Waals surface area contributed by atoms with Gasteiger partial charge in [0.05, 0.1) is 18.4 Å². The smallest absolute Gasteiger partial charge is 0.410 e. The maximum atomic E-state index is 13.2. The van der Waals surface area contributed by atoms with Crippen LogP contribution in [0.15, 0.2) is 71.6 Å². The summed E-state index contributed by atoms with van der Waals surface area (Å²) in [5.41, 5.74) is 2.88. The highest BCUT2D eigenvalue weighted by Gasteiger charge is 2.25. The van der Waals surface area contributed by atoms with E-state index in [1.165, 1.54) is 4.90 Å². The number of thioether (sulfide) groups is 1. The van der Waals surface area contributed by atoms with E-state index in [4.69, 9.17) is 21.4 Å². The molecule has 0 unspecified atom stereocenters. The Morgan fingerprint density at radius 3 is 2.30 bits per heavy atom. The summed E-state index contributed by atoms with van der Waals surface area (Å²) in [7, 11) is -3.84. The molecule has 46 heavy (non-hydrogen) atoms. The summed E-state index contributed by atoms with van der Waals surface area (Å²) in [5.74, 6) is -1.07. The molecule has 0 saturated carbocycles. The number of ether oxygens (including phenoxy) is 1. The van der Waals surface area contributed by atoms with Gasteiger partial charge in [0.15, 0.2) is 0 Å². The molecule has 12 heteroatoms. The summed E-state index contributed by atoms with van der Waals surface area (Å²) < 4.78 is 31.8. The van der Waals surface area contributed by atoms with E-state index in [1.54, 1.807) is 81.1 Å². The molecular formula is C34H43ClN2O7S2. The molecule has 0 heterocycles. The van der Waals surface area contributed by atoms with Crippen LogP contribution in [-0.2, 0) is 21.2 Å². The van der Waals surface area contributed by atoms with Gasteiger partial charge >= 0.3 is 6.09 Å². The number of aliphatic hydroxyl groups excluding tert-OH is 2. The van der Waals surface area contributed by atoms with Crippen molar-refractivity contribution in [1.82, 2.24) is 9.62 Å². The van der Waals surface area contributed by atoms with Crippen LogP contribution in [0.2, 0.25) is 5.02 Å². The molecule has 0 aliphatic rings. The van der Waals surface area contributed by atoms with Crippen LogP contribution >= 0.6 is 23.4 Å². The minimum atomic E-state index is -3.84. The molecule has 0 fully saturated rings. The Balaban J connectivity index is 1.81. The van der Waals surface area contributed by atoms with Crippen molar-refractivity contribution in [2.24, 2.45) is 0 Å². The van der Waals surface area contributed by atoms with Gasteiger partial charge in [-0.05, 0) is 86.2 Å². The first-order chi connectivity index (χ1) is 21.6. The van der Waals surface area contributed by atoms with Crippen molar-refractivity contribution in [3.63, 3.8) is 0 Å². The summed E-state index contributed by atoms with van der Waals surface area (Å²) in [5, 5.41) is 20.6. The highest BCUT2D eigenvalue weighted by molar-refractivity contribution is 8.00. The lowest BCUT2D eigenvalue weighted by Gasteiger charge is -2.29. The third-order valence-electron chi connectivity index (χ3n) is 6.66. The molecule has 0 aromatic heterocycles. The maximum absolute atomic E-state index is 13.2. The predicted molar refractivity (Wildman–Crippen MR) is 184 cm³/mol. The molecule has 3 N–H and O–H groups in total. The molecule has 3 rings (SSSR count). The third-order valence-corrected chi connectivity index (χ3v) is 9.32. The predicted octanol–water partition coefficient (Wildman–Crippen LogP) is 6.46. The molecule has 0 aliphatic carbocycles. The Morgan fingerprint density at radius 1 is 1.02 bits per heavy atom. The number of halogens is 1. The van der Waals surface area contributed by atoms with Gasteiger partial charge in [0, 0.05) is 33.9 Å². The first kappa shape index (κ1) is 37.4. The van der Waals surface area contributed by atoms with E-state index in [0.29, 0.717) is 23.6 Å². The van der Waals surface area contributed by atoms with Crippen LogP contribution in [-0.4, -0.2) is 71.8 Å². The average molecular weight is 691 g/mol. The van der Waals surface area contributed by atoms with Gasteiger partial charge in [0.2, 0.25) is 10.0 Å². The second kappa shape index (κ2) is 16.6. The van der Waals surface area contributed by atoms with Crippen molar-refractivity contribution in [1.29, 1.82) is 0 Å². The van der Waals surface area contributed by atoms with Crippen LogP contribution in [0, 0.1) is 0 Å². The van der Waals surface area contributed by atoms with Crippen LogP contribution in [0.1, 0.15) is 68.6 Å². The van der Waals surface area contributed by atoms with Crippen LogP contribution in [0.25, 0.3) is 11.1 Å². The highest BCUT2D eigenvalue weighted by Crippen LogP contribution is 2.32. The highest BCUT2D eigenvalue weighted by atomic mass is 35.5. The Hall–Kier alpha value is -3.09. The molecule has 3 aromatic carbocycles. The number of benzene rings is 3. The number of amides is 2. The fraction of sp³-hybridized carbons (Fsp3) is 0.412. The van der Waals surface area contributed by atoms with Crippen LogP contribution in [0.3, 0.4) is 0 Å². The van der Waals surface area contributed by atoms with Crippen LogP contribution in [0.5, 0.6) is 0 Å². The van der Waals surface area contributed by atoms with Gasteiger partial charge in [-0.15, -0.1) is 11.8 Å². The van der Waals surface area contributed by atoms with Crippen LogP contribution < -0.4 is 4.72 Å². The quantitative estimate of drug-likeness (QED) is 0.164.